The Morgan fingerprint density at radius 1 is 0.431 bits per heavy atom. The van der Waals surface area contributed by atoms with Crippen molar-refractivity contribution < 1.29 is 24.3 Å². The highest BCUT2D eigenvalue weighted by molar-refractivity contribution is 6.42. The molecule has 0 fully saturated rings. The molecule has 2 aliphatic rings. The van der Waals surface area contributed by atoms with E-state index in [-0.39, 0.29) is 44.5 Å². The molecular formula is C49H26N4O5. The van der Waals surface area contributed by atoms with E-state index in [4.69, 9.17) is 4.98 Å². The Balaban J connectivity index is 0.973. The monoisotopic (exact) mass is 750 g/mol. The SMILES string of the molecule is O=C1c2ccc3c4c(ccc(c24)C(=O)N1c1cc2ccc4cccc5ccc(c1)c2c45)C(=O)N(c1cccc(-n2c(-c4ccccc4)nc4ccccc42)c1O)C3=O. The Hall–Kier alpha value is -8.17. The molecule has 0 aliphatic carbocycles. The number of carbonyl (C=O) groups is 4. The smallest absolute Gasteiger partial charge is 0.266 e. The van der Waals surface area contributed by atoms with Crippen molar-refractivity contribution in [3.05, 3.63) is 174 Å². The average Bonchev–Trinajstić information content (AvgIpc) is 3.64. The molecule has 2 aliphatic heterocycles. The van der Waals surface area contributed by atoms with Crippen LogP contribution in [0.5, 0.6) is 5.75 Å². The lowest BCUT2D eigenvalue weighted by atomic mass is 9.85. The van der Waals surface area contributed by atoms with Crippen molar-refractivity contribution >= 4 is 89.1 Å². The molecule has 0 bridgehead atoms. The first-order chi connectivity index (χ1) is 28.4. The molecule has 9 aromatic carbocycles. The van der Waals surface area contributed by atoms with Gasteiger partial charge >= 0.3 is 0 Å². The molecule has 0 atom stereocenters. The summed E-state index contributed by atoms with van der Waals surface area (Å²) in [5.41, 5.74) is 3.65. The van der Waals surface area contributed by atoms with E-state index >= 15 is 0 Å². The number of fused-ring (bicyclic) bond motifs is 1. The number of nitrogens with zero attached hydrogens (tertiary/aromatic N) is 4. The van der Waals surface area contributed by atoms with Crippen LogP contribution < -0.4 is 9.80 Å². The van der Waals surface area contributed by atoms with Gasteiger partial charge < -0.3 is 5.11 Å². The zero-order valence-corrected chi connectivity index (χ0v) is 30.3. The number of rotatable bonds is 4. The number of benzene rings is 9. The van der Waals surface area contributed by atoms with Crippen LogP contribution in [-0.4, -0.2) is 38.3 Å². The molecular weight excluding hydrogens is 725 g/mol. The van der Waals surface area contributed by atoms with Crippen LogP contribution in [0.25, 0.3) is 71.2 Å². The largest absolute Gasteiger partial charge is 0.504 e. The first-order valence-corrected chi connectivity index (χ1v) is 18.8. The zero-order chi connectivity index (χ0) is 39.0. The molecule has 0 saturated carbocycles. The van der Waals surface area contributed by atoms with Crippen molar-refractivity contribution in [3.63, 3.8) is 0 Å². The topological polar surface area (TPSA) is 113 Å². The van der Waals surface area contributed by atoms with Gasteiger partial charge in [0.25, 0.3) is 23.6 Å². The summed E-state index contributed by atoms with van der Waals surface area (Å²) in [5.74, 6) is -2.22. The molecule has 9 heteroatoms. The van der Waals surface area contributed by atoms with Gasteiger partial charge in [0.05, 0.1) is 28.1 Å². The van der Waals surface area contributed by atoms with Crippen molar-refractivity contribution in [2.75, 3.05) is 9.80 Å². The van der Waals surface area contributed by atoms with Gasteiger partial charge in [-0.25, -0.2) is 14.8 Å². The third-order valence-corrected chi connectivity index (χ3v) is 11.7. The minimum absolute atomic E-state index is 0.0177. The van der Waals surface area contributed by atoms with E-state index in [0.29, 0.717) is 22.7 Å². The Labute approximate surface area is 328 Å². The van der Waals surface area contributed by atoms with Gasteiger partial charge in [-0.2, -0.15) is 0 Å². The van der Waals surface area contributed by atoms with Gasteiger partial charge in [0.15, 0.2) is 5.75 Å². The number of carbonyl (C=O) groups excluding carboxylic acids is 4. The van der Waals surface area contributed by atoms with Gasteiger partial charge in [-0.05, 0) is 93.0 Å². The zero-order valence-electron chi connectivity index (χ0n) is 30.3. The van der Waals surface area contributed by atoms with E-state index in [9.17, 15) is 24.3 Å². The van der Waals surface area contributed by atoms with Gasteiger partial charge in [0.2, 0.25) is 0 Å². The van der Waals surface area contributed by atoms with Crippen LogP contribution in [0.15, 0.2) is 152 Å². The predicted molar refractivity (Wildman–Crippen MR) is 225 cm³/mol. The number of hydrogen-bond acceptors (Lipinski definition) is 6. The summed E-state index contributed by atoms with van der Waals surface area (Å²) in [7, 11) is 0. The fourth-order valence-electron chi connectivity index (χ4n) is 9.13. The quantitative estimate of drug-likeness (QED) is 0.142. The molecule has 4 amide bonds. The van der Waals surface area contributed by atoms with E-state index < -0.39 is 23.6 Å². The molecule has 10 aromatic rings. The van der Waals surface area contributed by atoms with Crippen molar-refractivity contribution in [1.82, 2.24) is 9.55 Å². The van der Waals surface area contributed by atoms with Crippen LogP contribution in [0.2, 0.25) is 0 Å². The lowest BCUT2D eigenvalue weighted by Gasteiger charge is -2.32. The number of amides is 4. The molecule has 9 nitrogen and oxygen atoms in total. The highest BCUT2D eigenvalue weighted by atomic mass is 16.3. The third kappa shape index (κ3) is 4.16. The van der Waals surface area contributed by atoms with E-state index in [0.717, 1.165) is 48.3 Å². The molecule has 58 heavy (non-hydrogen) atoms. The maximum Gasteiger partial charge on any atom is 0.266 e. The highest BCUT2D eigenvalue weighted by Crippen LogP contribution is 2.45. The van der Waals surface area contributed by atoms with Gasteiger partial charge in [0.1, 0.15) is 5.82 Å². The van der Waals surface area contributed by atoms with Crippen molar-refractivity contribution in [2.45, 2.75) is 0 Å². The molecule has 3 heterocycles. The number of phenols is 1. The summed E-state index contributed by atoms with van der Waals surface area (Å²) < 4.78 is 1.81. The average molecular weight is 751 g/mol. The molecule has 0 saturated heterocycles. The summed E-state index contributed by atoms with van der Waals surface area (Å²) in [4.78, 5) is 64.9. The summed E-state index contributed by atoms with van der Waals surface area (Å²) in [6, 6.07) is 46.1. The fraction of sp³-hybridized carbons (Fsp3) is 0. The van der Waals surface area contributed by atoms with Gasteiger partial charge in [-0.1, -0.05) is 91.0 Å². The Morgan fingerprint density at radius 3 is 1.55 bits per heavy atom. The van der Waals surface area contributed by atoms with Crippen molar-refractivity contribution in [1.29, 1.82) is 0 Å². The lowest BCUT2D eigenvalue weighted by molar-refractivity contribution is 0.0872. The van der Waals surface area contributed by atoms with Crippen LogP contribution in [-0.2, 0) is 0 Å². The Morgan fingerprint density at radius 2 is 0.931 bits per heavy atom. The molecule has 1 aromatic heterocycles. The summed E-state index contributed by atoms with van der Waals surface area (Å²) >= 11 is 0. The normalized spacial score (nSPS) is 14.0. The van der Waals surface area contributed by atoms with E-state index in [1.165, 1.54) is 23.1 Å². The first-order valence-electron chi connectivity index (χ1n) is 18.8. The second-order valence-corrected chi connectivity index (χ2v) is 14.7. The number of hydrogen-bond donors (Lipinski definition) is 1. The summed E-state index contributed by atoms with van der Waals surface area (Å²) in [6.45, 7) is 0. The van der Waals surface area contributed by atoms with Crippen LogP contribution in [0.1, 0.15) is 41.4 Å². The molecule has 0 radical (unpaired) electrons. The van der Waals surface area contributed by atoms with Gasteiger partial charge in [0, 0.05) is 38.6 Å². The number of imidazole rings is 1. The molecule has 0 spiro atoms. The highest BCUT2D eigenvalue weighted by Gasteiger charge is 2.41. The molecule has 1 N–H and O–H groups in total. The molecule has 0 unspecified atom stereocenters. The Bertz CT molecular complexity index is 3380. The third-order valence-electron chi connectivity index (χ3n) is 11.7. The lowest BCUT2D eigenvalue weighted by Crippen LogP contribution is -2.43. The first kappa shape index (κ1) is 32.1. The van der Waals surface area contributed by atoms with Crippen LogP contribution in [0.3, 0.4) is 0 Å². The fourth-order valence-corrected chi connectivity index (χ4v) is 9.13. The summed E-state index contributed by atoms with van der Waals surface area (Å²) in [5, 5.41) is 18.7. The molecule has 272 valence electrons. The molecule has 12 rings (SSSR count). The Kier molecular flexibility index (Phi) is 6.33. The maximum atomic E-state index is 14.5. The number of aromatic hydroxyl groups is 1. The maximum absolute atomic E-state index is 14.5. The van der Waals surface area contributed by atoms with Crippen molar-refractivity contribution in [3.8, 4) is 22.8 Å². The number of anilines is 2. The number of phenolic OH excluding ortho intramolecular Hbond substituents is 1. The minimum Gasteiger partial charge on any atom is -0.504 e. The standard InChI is InChI=1S/C49H26N4O5/c54-44-38(52-37-13-5-4-12-36(37)50-45(52)28-8-2-1-3-9-28)14-7-15-39(44)53-48(57)34-22-20-32-42-33(21-23-35(43(34)42)49(53)58)47(56)51(46(32)55)31-24-29-18-16-26-10-6-11-27-17-19-30(25-31)41(29)40(26)27/h1-25,54H. The van der Waals surface area contributed by atoms with Crippen LogP contribution in [0, 0.1) is 0 Å². The van der Waals surface area contributed by atoms with Gasteiger partial charge in [-0.15, -0.1) is 0 Å². The van der Waals surface area contributed by atoms with E-state index in [2.05, 4.69) is 12.1 Å². The second kappa shape index (κ2) is 11.4. The number of imide groups is 2. The predicted octanol–water partition coefficient (Wildman–Crippen LogP) is 10.0. The second-order valence-electron chi connectivity index (χ2n) is 14.7. The van der Waals surface area contributed by atoms with E-state index in [1.807, 2.05) is 102 Å². The van der Waals surface area contributed by atoms with E-state index in [1.54, 1.807) is 24.3 Å². The number of aromatic nitrogens is 2. The number of para-hydroxylation sites is 3. The van der Waals surface area contributed by atoms with Gasteiger partial charge in [-0.3, -0.25) is 23.7 Å². The van der Waals surface area contributed by atoms with Crippen LogP contribution in [0.4, 0.5) is 11.4 Å². The minimum atomic E-state index is -0.693. The van der Waals surface area contributed by atoms with Crippen molar-refractivity contribution in [2.24, 2.45) is 0 Å². The summed E-state index contributed by atoms with van der Waals surface area (Å²) in [6.07, 6.45) is 0. The van der Waals surface area contributed by atoms with Crippen LogP contribution >= 0.6 is 0 Å².